The van der Waals surface area contributed by atoms with E-state index in [0.717, 1.165) is 0 Å². The monoisotopic (exact) mass is 450 g/mol. The fourth-order valence-corrected chi connectivity index (χ4v) is 3.95. The molecule has 2 aromatic carbocycles. The Morgan fingerprint density at radius 3 is 2.24 bits per heavy atom. The van der Waals surface area contributed by atoms with Crippen LogP contribution in [0, 0.1) is 5.92 Å². The fraction of sp³-hybridized carbons (Fsp3) is 0.346. The molecule has 1 atom stereocenters. The summed E-state index contributed by atoms with van der Waals surface area (Å²) in [6.45, 7) is 4.14. The predicted octanol–water partition coefficient (Wildman–Crippen LogP) is 4.09. The Hall–Kier alpha value is -3.61. The molecule has 0 heterocycles. The highest BCUT2D eigenvalue weighted by molar-refractivity contribution is 5.86. The third-order valence-electron chi connectivity index (χ3n) is 5.90. The van der Waals surface area contributed by atoms with Crippen LogP contribution < -0.4 is 10.6 Å². The van der Waals surface area contributed by atoms with Gasteiger partial charge in [-0.1, -0.05) is 61.5 Å². The summed E-state index contributed by atoms with van der Waals surface area (Å²) in [6, 6.07) is 16.4. The Labute approximate surface area is 193 Å². The van der Waals surface area contributed by atoms with Crippen LogP contribution in [0.15, 0.2) is 60.2 Å². The van der Waals surface area contributed by atoms with Gasteiger partial charge in [0.25, 0.3) is 0 Å². The number of amides is 2. The molecule has 0 saturated heterocycles. The molecule has 0 radical (unpaired) electrons. The van der Waals surface area contributed by atoms with Crippen LogP contribution in [0.5, 0.6) is 0 Å². The van der Waals surface area contributed by atoms with Gasteiger partial charge in [-0.05, 0) is 42.0 Å². The quantitative estimate of drug-likeness (QED) is 0.374. The van der Waals surface area contributed by atoms with E-state index in [4.69, 9.17) is 9.84 Å². The number of carbonyl (C=O) groups excluding carboxylic acids is 2. The summed E-state index contributed by atoms with van der Waals surface area (Å²) in [5.41, 5.74) is 4.89. The molecule has 174 valence electrons. The van der Waals surface area contributed by atoms with Crippen LogP contribution in [-0.4, -0.2) is 42.8 Å². The standard InChI is InChI=1S/C26H30N2O5/c1-17(24(29)27-15-13-18(2)25(30)31)8-7-14-28-26(32)33-16-23-21-11-5-3-9-19(21)20-10-4-6-12-22(20)23/h3-6,9-13,17,23H,7-8,14-16H2,1-2H3,(H,27,29)(H,28,32)(H,30,31)/b18-13+. The van der Waals surface area contributed by atoms with Crippen molar-refractivity contribution in [3.8, 4) is 11.1 Å². The molecule has 0 fully saturated rings. The Bertz CT molecular complexity index is 1000. The fourth-order valence-electron chi connectivity index (χ4n) is 3.95. The van der Waals surface area contributed by atoms with E-state index in [1.54, 1.807) is 6.92 Å². The molecule has 0 aromatic heterocycles. The minimum atomic E-state index is -1.00. The first-order valence-electron chi connectivity index (χ1n) is 11.1. The van der Waals surface area contributed by atoms with Crippen LogP contribution in [0.3, 0.4) is 0 Å². The van der Waals surface area contributed by atoms with Crippen molar-refractivity contribution in [1.29, 1.82) is 0 Å². The SMILES string of the molecule is C/C(=C\CNC(=O)C(C)CCCNC(=O)OCC1c2ccccc2-c2ccccc21)C(=O)O. The van der Waals surface area contributed by atoms with E-state index in [-0.39, 0.29) is 36.5 Å². The molecule has 0 spiro atoms. The van der Waals surface area contributed by atoms with E-state index in [9.17, 15) is 14.4 Å². The van der Waals surface area contributed by atoms with Crippen molar-refractivity contribution in [3.63, 3.8) is 0 Å². The average molecular weight is 451 g/mol. The van der Waals surface area contributed by atoms with Crippen molar-refractivity contribution >= 4 is 18.0 Å². The van der Waals surface area contributed by atoms with E-state index in [1.807, 2.05) is 24.3 Å². The molecule has 2 amide bonds. The van der Waals surface area contributed by atoms with Gasteiger partial charge < -0.3 is 20.5 Å². The first-order chi connectivity index (χ1) is 15.9. The molecule has 0 aliphatic heterocycles. The highest BCUT2D eigenvalue weighted by Gasteiger charge is 2.28. The van der Waals surface area contributed by atoms with Gasteiger partial charge in [-0.15, -0.1) is 0 Å². The highest BCUT2D eigenvalue weighted by atomic mass is 16.5. The van der Waals surface area contributed by atoms with Gasteiger partial charge in [0.05, 0.1) is 0 Å². The predicted molar refractivity (Wildman–Crippen MR) is 126 cm³/mol. The van der Waals surface area contributed by atoms with Crippen molar-refractivity contribution in [2.24, 2.45) is 5.92 Å². The molecule has 33 heavy (non-hydrogen) atoms. The molecule has 0 saturated carbocycles. The molecule has 0 bridgehead atoms. The Morgan fingerprint density at radius 1 is 1.03 bits per heavy atom. The van der Waals surface area contributed by atoms with Gasteiger partial charge in [0, 0.05) is 30.5 Å². The summed E-state index contributed by atoms with van der Waals surface area (Å²) in [7, 11) is 0. The van der Waals surface area contributed by atoms with Gasteiger partial charge in [0.1, 0.15) is 6.61 Å². The van der Waals surface area contributed by atoms with Crippen molar-refractivity contribution in [3.05, 3.63) is 71.3 Å². The molecule has 1 aliphatic rings. The largest absolute Gasteiger partial charge is 0.478 e. The molecule has 1 aliphatic carbocycles. The second-order valence-corrected chi connectivity index (χ2v) is 8.23. The van der Waals surface area contributed by atoms with Gasteiger partial charge >= 0.3 is 12.1 Å². The summed E-state index contributed by atoms with van der Waals surface area (Å²) in [4.78, 5) is 35.0. The van der Waals surface area contributed by atoms with Crippen LogP contribution in [-0.2, 0) is 14.3 Å². The van der Waals surface area contributed by atoms with Crippen LogP contribution in [0.4, 0.5) is 4.79 Å². The van der Waals surface area contributed by atoms with Crippen LogP contribution in [0.1, 0.15) is 43.7 Å². The zero-order valence-corrected chi connectivity index (χ0v) is 19.0. The number of hydrogen-bond acceptors (Lipinski definition) is 4. The number of fused-ring (bicyclic) bond motifs is 3. The van der Waals surface area contributed by atoms with Crippen molar-refractivity contribution < 1.29 is 24.2 Å². The molecular weight excluding hydrogens is 420 g/mol. The van der Waals surface area contributed by atoms with Crippen molar-refractivity contribution in [2.45, 2.75) is 32.6 Å². The summed E-state index contributed by atoms with van der Waals surface area (Å²) in [5, 5.41) is 14.3. The van der Waals surface area contributed by atoms with Gasteiger partial charge in [-0.25, -0.2) is 9.59 Å². The molecule has 7 nitrogen and oxygen atoms in total. The summed E-state index contributed by atoms with van der Waals surface area (Å²) >= 11 is 0. The number of carbonyl (C=O) groups is 3. The van der Waals surface area contributed by atoms with E-state index in [0.29, 0.717) is 19.4 Å². The lowest BCUT2D eigenvalue weighted by molar-refractivity contribution is -0.132. The highest BCUT2D eigenvalue weighted by Crippen LogP contribution is 2.44. The molecule has 2 aromatic rings. The van der Waals surface area contributed by atoms with Gasteiger partial charge in [-0.2, -0.15) is 0 Å². The number of alkyl carbamates (subject to hydrolysis) is 1. The maximum atomic E-state index is 12.2. The van der Waals surface area contributed by atoms with Crippen LogP contribution >= 0.6 is 0 Å². The van der Waals surface area contributed by atoms with Crippen LogP contribution in [0.2, 0.25) is 0 Å². The number of aliphatic carboxylic acids is 1. The zero-order valence-electron chi connectivity index (χ0n) is 19.0. The number of benzene rings is 2. The molecule has 3 N–H and O–H groups in total. The minimum absolute atomic E-state index is 0.0191. The first-order valence-corrected chi connectivity index (χ1v) is 11.1. The smallest absolute Gasteiger partial charge is 0.407 e. The van der Waals surface area contributed by atoms with E-state index < -0.39 is 12.1 Å². The number of rotatable bonds is 10. The van der Waals surface area contributed by atoms with E-state index in [2.05, 4.69) is 34.9 Å². The van der Waals surface area contributed by atoms with Crippen LogP contribution in [0.25, 0.3) is 11.1 Å². The zero-order chi connectivity index (χ0) is 23.8. The number of ether oxygens (including phenoxy) is 1. The maximum absolute atomic E-state index is 12.2. The molecule has 1 unspecified atom stereocenters. The lowest BCUT2D eigenvalue weighted by Crippen LogP contribution is -2.31. The van der Waals surface area contributed by atoms with E-state index in [1.165, 1.54) is 35.3 Å². The van der Waals surface area contributed by atoms with Crippen molar-refractivity contribution in [1.82, 2.24) is 10.6 Å². The number of hydrogen-bond donors (Lipinski definition) is 3. The third-order valence-corrected chi connectivity index (χ3v) is 5.90. The Morgan fingerprint density at radius 2 is 1.64 bits per heavy atom. The Kier molecular flexibility index (Phi) is 8.24. The second kappa shape index (κ2) is 11.3. The number of carboxylic acid groups (broad SMARTS) is 1. The summed E-state index contributed by atoms with van der Waals surface area (Å²) in [5.74, 6) is -1.37. The summed E-state index contributed by atoms with van der Waals surface area (Å²) < 4.78 is 5.51. The number of carboxylic acids is 1. The van der Waals surface area contributed by atoms with Crippen molar-refractivity contribution in [2.75, 3.05) is 19.7 Å². The van der Waals surface area contributed by atoms with Gasteiger partial charge in [-0.3, -0.25) is 4.79 Å². The summed E-state index contributed by atoms with van der Waals surface area (Å²) in [6.07, 6.45) is 2.22. The first kappa shape index (κ1) is 24.0. The average Bonchev–Trinajstić information content (AvgIpc) is 3.13. The Balaban J connectivity index is 1.38. The molecule has 3 rings (SSSR count). The topological polar surface area (TPSA) is 105 Å². The lowest BCUT2D eigenvalue weighted by atomic mass is 9.98. The lowest BCUT2D eigenvalue weighted by Gasteiger charge is -2.15. The van der Waals surface area contributed by atoms with E-state index >= 15 is 0 Å². The number of nitrogens with one attached hydrogen (secondary N) is 2. The van der Waals surface area contributed by atoms with Gasteiger partial charge in [0.2, 0.25) is 5.91 Å². The minimum Gasteiger partial charge on any atom is -0.478 e. The molecular formula is C26H30N2O5. The van der Waals surface area contributed by atoms with Gasteiger partial charge in [0.15, 0.2) is 0 Å². The normalized spacial score (nSPS) is 13.6. The third kappa shape index (κ3) is 6.22. The molecule has 7 heteroatoms. The maximum Gasteiger partial charge on any atom is 0.407 e. The second-order valence-electron chi connectivity index (χ2n) is 8.23.